The predicted molar refractivity (Wildman–Crippen MR) is 45.9 cm³/mol. The molecule has 0 atom stereocenters. The zero-order chi connectivity index (χ0) is 6.97. The fourth-order valence-corrected chi connectivity index (χ4v) is 2.18. The quantitative estimate of drug-likeness (QED) is 0.632. The van der Waals surface area contributed by atoms with E-state index in [1.165, 1.54) is 35.0 Å². The number of rotatable bonds is 0. The molecule has 1 nitrogen and oxygen atoms in total. The molecule has 1 fully saturated rings. The molecule has 0 aromatic carbocycles. The van der Waals surface area contributed by atoms with Crippen molar-refractivity contribution in [3.63, 3.8) is 0 Å². The van der Waals surface area contributed by atoms with Crippen LogP contribution in [0.2, 0.25) is 0 Å². The van der Waals surface area contributed by atoms with Gasteiger partial charge in [0, 0.05) is 16.7 Å². The molecule has 0 amide bonds. The highest BCUT2D eigenvalue weighted by Crippen LogP contribution is 2.32. The fraction of sp³-hybridized carbons (Fsp3) is 0.500. The molecule has 10 heavy (non-hydrogen) atoms. The molecule has 0 unspecified atom stereocenters. The highest BCUT2D eigenvalue weighted by molar-refractivity contribution is 9.11. The summed E-state index contributed by atoms with van der Waals surface area (Å²) < 4.78 is 1.41. The van der Waals surface area contributed by atoms with Gasteiger partial charge in [-0.3, -0.25) is 0 Å². The molecule has 1 N–H and O–H groups in total. The van der Waals surface area contributed by atoms with E-state index in [2.05, 4.69) is 27.3 Å². The third kappa shape index (κ3) is 0.908. The molecule has 2 heteroatoms. The lowest BCUT2D eigenvalue weighted by molar-refractivity contribution is 0.905. The second-order valence-corrected chi connectivity index (χ2v) is 3.67. The lowest BCUT2D eigenvalue weighted by Crippen LogP contribution is -2.05. The summed E-state index contributed by atoms with van der Waals surface area (Å²) in [4.78, 5) is 0. The summed E-state index contributed by atoms with van der Waals surface area (Å²) in [6.45, 7) is 1.12. The summed E-state index contributed by atoms with van der Waals surface area (Å²) in [5.41, 5.74) is 2.88. The summed E-state index contributed by atoms with van der Waals surface area (Å²) >= 11 is 3.59. The number of nitrogens with one attached hydrogen (secondary N) is 1. The molecule has 54 valence electrons. The first kappa shape index (κ1) is 6.47. The maximum absolute atomic E-state index is 3.59. The highest BCUT2D eigenvalue weighted by atomic mass is 79.9. The summed E-state index contributed by atoms with van der Waals surface area (Å²) in [6, 6.07) is 0. The molecule has 0 bridgehead atoms. The Kier molecular flexibility index (Phi) is 1.57. The Morgan fingerprint density at radius 1 is 1.40 bits per heavy atom. The average Bonchev–Trinajstić information content (AvgIpc) is 2.36. The van der Waals surface area contributed by atoms with Gasteiger partial charge in [-0.1, -0.05) is 22.0 Å². The number of halogens is 1. The van der Waals surface area contributed by atoms with E-state index in [0.717, 1.165) is 6.54 Å². The van der Waals surface area contributed by atoms with Crippen molar-refractivity contribution in [1.29, 1.82) is 0 Å². The van der Waals surface area contributed by atoms with Gasteiger partial charge in [0.1, 0.15) is 0 Å². The topological polar surface area (TPSA) is 12.0 Å². The first-order chi connectivity index (χ1) is 4.88. The van der Waals surface area contributed by atoms with Crippen molar-refractivity contribution >= 4 is 15.9 Å². The van der Waals surface area contributed by atoms with Gasteiger partial charge in [0.2, 0.25) is 0 Å². The zero-order valence-electron chi connectivity index (χ0n) is 5.78. The minimum atomic E-state index is 1.12. The van der Waals surface area contributed by atoms with Crippen molar-refractivity contribution in [3.05, 3.63) is 21.8 Å². The standard InChI is InChI=1S/C8H10BrN/c9-7-2-1-3-8-6(7)4-5-10-8/h3,10H,1-2,4-5H2. The van der Waals surface area contributed by atoms with E-state index in [1.807, 2.05) is 0 Å². The zero-order valence-corrected chi connectivity index (χ0v) is 7.37. The first-order valence-electron chi connectivity index (χ1n) is 3.70. The van der Waals surface area contributed by atoms with Gasteiger partial charge in [0.05, 0.1) is 0 Å². The van der Waals surface area contributed by atoms with E-state index in [9.17, 15) is 0 Å². The van der Waals surface area contributed by atoms with Crippen molar-refractivity contribution in [2.75, 3.05) is 6.54 Å². The van der Waals surface area contributed by atoms with Gasteiger partial charge in [0.15, 0.2) is 0 Å². The molecule has 0 aromatic heterocycles. The van der Waals surface area contributed by atoms with Crippen molar-refractivity contribution < 1.29 is 0 Å². The molecule has 0 saturated carbocycles. The molecule has 1 heterocycles. The third-order valence-electron chi connectivity index (χ3n) is 2.06. The summed E-state index contributed by atoms with van der Waals surface area (Å²) in [5.74, 6) is 0. The van der Waals surface area contributed by atoms with E-state index in [1.54, 1.807) is 0 Å². The van der Waals surface area contributed by atoms with Crippen LogP contribution in [0.1, 0.15) is 19.3 Å². The van der Waals surface area contributed by atoms with Crippen LogP contribution in [0.4, 0.5) is 0 Å². The van der Waals surface area contributed by atoms with Gasteiger partial charge < -0.3 is 5.32 Å². The number of fused-ring (bicyclic) bond motifs is 1. The Morgan fingerprint density at radius 2 is 2.30 bits per heavy atom. The van der Waals surface area contributed by atoms with E-state index >= 15 is 0 Å². The van der Waals surface area contributed by atoms with Gasteiger partial charge in [-0.15, -0.1) is 0 Å². The second-order valence-electron chi connectivity index (χ2n) is 2.72. The number of hydrogen-bond acceptors (Lipinski definition) is 1. The highest BCUT2D eigenvalue weighted by Gasteiger charge is 2.18. The molecule has 0 spiro atoms. The monoisotopic (exact) mass is 199 g/mol. The van der Waals surface area contributed by atoms with E-state index in [0.29, 0.717) is 0 Å². The van der Waals surface area contributed by atoms with Crippen molar-refractivity contribution in [2.24, 2.45) is 0 Å². The van der Waals surface area contributed by atoms with Crippen molar-refractivity contribution in [1.82, 2.24) is 5.32 Å². The van der Waals surface area contributed by atoms with Gasteiger partial charge in [0.25, 0.3) is 0 Å². The van der Waals surface area contributed by atoms with E-state index < -0.39 is 0 Å². The second kappa shape index (κ2) is 2.42. The van der Waals surface area contributed by atoms with Gasteiger partial charge >= 0.3 is 0 Å². The maximum Gasteiger partial charge on any atom is 0.0341 e. The molecule has 2 aliphatic rings. The van der Waals surface area contributed by atoms with Crippen LogP contribution in [0.15, 0.2) is 21.8 Å². The first-order valence-corrected chi connectivity index (χ1v) is 4.49. The minimum Gasteiger partial charge on any atom is -0.385 e. The molecule has 0 aromatic rings. The lowest BCUT2D eigenvalue weighted by Gasteiger charge is -2.10. The predicted octanol–water partition coefficient (Wildman–Crippen LogP) is 2.31. The summed E-state index contributed by atoms with van der Waals surface area (Å²) in [5, 5.41) is 3.36. The molecule has 1 aliphatic carbocycles. The van der Waals surface area contributed by atoms with Crippen LogP contribution in [-0.2, 0) is 0 Å². The van der Waals surface area contributed by atoms with Crippen LogP contribution in [0.3, 0.4) is 0 Å². The lowest BCUT2D eigenvalue weighted by atomic mass is 10.0. The Bertz CT molecular complexity index is 210. The van der Waals surface area contributed by atoms with E-state index in [-0.39, 0.29) is 0 Å². The minimum absolute atomic E-state index is 1.12. The SMILES string of the molecule is BrC1=C2CCNC2=CCC1. The Hall–Kier alpha value is -0.240. The molecular weight excluding hydrogens is 190 g/mol. The fourth-order valence-electron chi connectivity index (χ4n) is 1.53. The Labute approximate surface area is 69.3 Å². The molecule has 2 rings (SSSR count). The van der Waals surface area contributed by atoms with Crippen LogP contribution in [0, 0.1) is 0 Å². The van der Waals surface area contributed by atoms with Gasteiger partial charge in [-0.25, -0.2) is 0 Å². The maximum atomic E-state index is 3.59. The van der Waals surface area contributed by atoms with Gasteiger partial charge in [-0.05, 0) is 24.8 Å². The molecule has 0 radical (unpaired) electrons. The van der Waals surface area contributed by atoms with Gasteiger partial charge in [-0.2, -0.15) is 0 Å². The third-order valence-corrected chi connectivity index (χ3v) is 2.93. The largest absolute Gasteiger partial charge is 0.385 e. The number of hydrogen-bond donors (Lipinski definition) is 1. The molecular formula is C8H10BrN. The average molecular weight is 200 g/mol. The normalized spacial score (nSPS) is 23.9. The molecule has 1 saturated heterocycles. The van der Waals surface area contributed by atoms with E-state index in [4.69, 9.17) is 0 Å². The van der Waals surface area contributed by atoms with Crippen LogP contribution < -0.4 is 5.32 Å². The van der Waals surface area contributed by atoms with Crippen molar-refractivity contribution in [3.8, 4) is 0 Å². The smallest absolute Gasteiger partial charge is 0.0341 e. The van der Waals surface area contributed by atoms with Crippen LogP contribution in [0.25, 0.3) is 0 Å². The van der Waals surface area contributed by atoms with Crippen LogP contribution >= 0.6 is 15.9 Å². The van der Waals surface area contributed by atoms with Crippen molar-refractivity contribution in [2.45, 2.75) is 19.3 Å². The molecule has 1 aliphatic heterocycles. The van der Waals surface area contributed by atoms with Crippen LogP contribution in [-0.4, -0.2) is 6.54 Å². The Balaban J connectivity index is 2.38. The summed E-state index contributed by atoms with van der Waals surface area (Å²) in [7, 11) is 0. The Morgan fingerprint density at radius 3 is 3.10 bits per heavy atom. The number of allylic oxidation sites excluding steroid dienone is 3. The van der Waals surface area contributed by atoms with Crippen LogP contribution in [0.5, 0.6) is 0 Å². The summed E-state index contributed by atoms with van der Waals surface area (Å²) in [6.07, 6.45) is 5.88.